The third-order valence-electron chi connectivity index (χ3n) is 1.77. The largest absolute Gasteiger partial charge is 0.465 e. The molecule has 13 heavy (non-hydrogen) atoms. The molecule has 0 fully saturated rings. The van der Waals surface area contributed by atoms with Crippen molar-refractivity contribution in [1.82, 2.24) is 0 Å². The van der Waals surface area contributed by atoms with Crippen LogP contribution >= 0.6 is 0 Å². The van der Waals surface area contributed by atoms with E-state index in [0.717, 1.165) is 24.5 Å². The van der Waals surface area contributed by atoms with Crippen molar-refractivity contribution in [1.29, 1.82) is 0 Å². The highest BCUT2D eigenvalue weighted by atomic mass is 16.5. The van der Waals surface area contributed by atoms with Gasteiger partial charge in [-0.25, -0.2) is 0 Å². The first-order valence-corrected chi connectivity index (χ1v) is 4.63. The minimum absolute atomic E-state index is 0.139. The van der Waals surface area contributed by atoms with Crippen molar-refractivity contribution in [3.05, 3.63) is 23.7 Å². The molecule has 0 spiro atoms. The van der Waals surface area contributed by atoms with Crippen molar-refractivity contribution in [3.63, 3.8) is 0 Å². The van der Waals surface area contributed by atoms with E-state index in [1.165, 1.54) is 0 Å². The molecule has 1 heterocycles. The summed E-state index contributed by atoms with van der Waals surface area (Å²) in [5.74, 6) is 1.69. The number of furan rings is 1. The molecule has 0 radical (unpaired) electrons. The molecule has 3 nitrogen and oxygen atoms in total. The van der Waals surface area contributed by atoms with Gasteiger partial charge >= 0.3 is 0 Å². The summed E-state index contributed by atoms with van der Waals surface area (Å²) in [6.07, 6.45) is 1.02. The maximum absolute atomic E-state index is 5.83. The molecule has 2 N–H and O–H groups in total. The van der Waals surface area contributed by atoms with Gasteiger partial charge in [-0.05, 0) is 25.5 Å². The maximum Gasteiger partial charge on any atom is 0.123 e. The Morgan fingerprint density at radius 3 is 2.85 bits per heavy atom. The molecule has 0 aliphatic heterocycles. The number of rotatable bonds is 5. The average Bonchev–Trinajstić information content (AvgIpc) is 2.52. The van der Waals surface area contributed by atoms with Gasteiger partial charge in [0.25, 0.3) is 0 Å². The fourth-order valence-electron chi connectivity index (χ4n) is 1.09. The van der Waals surface area contributed by atoms with Crippen molar-refractivity contribution >= 4 is 0 Å². The Bertz CT molecular complexity index is 245. The van der Waals surface area contributed by atoms with Crippen molar-refractivity contribution in [2.45, 2.75) is 26.3 Å². The molecule has 0 aromatic carbocycles. The summed E-state index contributed by atoms with van der Waals surface area (Å²) in [4.78, 5) is 0. The lowest BCUT2D eigenvalue weighted by Gasteiger charge is -2.08. The zero-order valence-corrected chi connectivity index (χ0v) is 8.25. The van der Waals surface area contributed by atoms with Gasteiger partial charge in [-0.15, -0.1) is 0 Å². The van der Waals surface area contributed by atoms with Crippen molar-refractivity contribution < 1.29 is 9.15 Å². The lowest BCUT2D eigenvalue weighted by Crippen LogP contribution is -2.16. The third-order valence-corrected chi connectivity index (χ3v) is 1.77. The molecule has 0 amide bonds. The summed E-state index contributed by atoms with van der Waals surface area (Å²) < 4.78 is 10.7. The standard InChI is InChI=1S/C10H17NO2/c1-3-6-12-7-9(11)10-5-4-8(2)13-10/h4-5,9H,3,6-7,11H2,1-2H3. The van der Waals surface area contributed by atoms with Crippen LogP contribution in [0, 0.1) is 6.92 Å². The fraction of sp³-hybridized carbons (Fsp3) is 0.600. The van der Waals surface area contributed by atoms with Gasteiger partial charge < -0.3 is 14.9 Å². The van der Waals surface area contributed by atoms with E-state index in [4.69, 9.17) is 14.9 Å². The van der Waals surface area contributed by atoms with Crippen LogP contribution in [0.25, 0.3) is 0 Å². The molecule has 3 heteroatoms. The molecule has 1 atom stereocenters. The van der Waals surface area contributed by atoms with E-state index in [1.54, 1.807) is 0 Å². The Balaban J connectivity index is 2.35. The second kappa shape index (κ2) is 5.04. The predicted molar refractivity (Wildman–Crippen MR) is 51.5 cm³/mol. The summed E-state index contributed by atoms with van der Waals surface area (Å²) >= 11 is 0. The van der Waals surface area contributed by atoms with Crippen LogP contribution in [-0.4, -0.2) is 13.2 Å². The van der Waals surface area contributed by atoms with Crippen molar-refractivity contribution in [2.75, 3.05) is 13.2 Å². The summed E-state index contributed by atoms with van der Waals surface area (Å²) in [6, 6.07) is 3.67. The second-order valence-corrected chi connectivity index (χ2v) is 3.13. The zero-order chi connectivity index (χ0) is 9.68. The van der Waals surface area contributed by atoms with Crippen LogP contribution in [0.15, 0.2) is 16.5 Å². The molecule has 1 rings (SSSR count). The molecule has 74 valence electrons. The minimum atomic E-state index is -0.139. The number of aryl methyl sites for hydroxylation is 1. The molecular weight excluding hydrogens is 166 g/mol. The summed E-state index contributed by atoms with van der Waals surface area (Å²) in [5, 5.41) is 0. The van der Waals surface area contributed by atoms with Crippen LogP contribution in [0.3, 0.4) is 0 Å². The Kier molecular flexibility index (Phi) is 3.99. The Hall–Kier alpha value is -0.800. The highest BCUT2D eigenvalue weighted by Gasteiger charge is 2.09. The normalized spacial score (nSPS) is 13.2. The van der Waals surface area contributed by atoms with Crippen LogP contribution in [0.2, 0.25) is 0 Å². The van der Waals surface area contributed by atoms with Crippen LogP contribution in [0.5, 0.6) is 0 Å². The minimum Gasteiger partial charge on any atom is -0.465 e. The number of nitrogens with two attached hydrogens (primary N) is 1. The van der Waals surface area contributed by atoms with Crippen LogP contribution in [0.1, 0.15) is 30.9 Å². The van der Waals surface area contributed by atoms with E-state index in [9.17, 15) is 0 Å². The summed E-state index contributed by atoms with van der Waals surface area (Å²) in [7, 11) is 0. The quantitative estimate of drug-likeness (QED) is 0.710. The highest BCUT2D eigenvalue weighted by molar-refractivity contribution is 5.09. The molecule has 0 aliphatic carbocycles. The van der Waals surface area contributed by atoms with Crippen LogP contribution < -0.4 is 5.73 Å². The molecule has 1 aromatic rings. The molecule has 0 bridgehead atoms. The predicted octanol–water partition coefficient (Wildman–Crippen LogP) is 2.01. The van der Waals surface area contributed by atoms with Gasteiger partial charge in [0.15, 0.2) is 0 Å². The van der Waals surface area contributed by atoms with Crippen molar-refractivity contribution in [2.24, 2.45) is 5.73 Å². The number of hydrogen-bond acceptors (Lipinski definition) is 3. The molecule has 1 aromatic heterocycles. The molecular formula is C10H17NO2. The monoisotopic (exact) mass is 183 g/mol. The number of hydrogen-bond donors (Lipinski definition) is 1. The SMILES string of the molecule is CCCOCC(N)c1ccc(C)o1. The van der Waals surface area contributed by atoms with Gasteiger partial charge in [-0.3, -0.25) is 0 Å². The smallest absolute Gasteiger partial charge is 0.123 e. The Labute approximate surface area is 78.9 Å². The van der Waals surface area contributed by atoms with E-state index >= 15 is 0 Å². The van der Waals surface area contributed by atoms with Gasteiger partial charge in [-0.1, -0.05) is 6.92 Å². The Morgan fingerprint density at radius 2 is 2.31 bits per heavy atom. The van der Waals surface area contributed by atoms with E-state index in [2.05, 4.69) is 6.92 Å². The number of ether oxygens (including phenoxy) is 1. The van der Waals surface area contributed by atoms with Gasteiger partial charge in [0, 0.05) is 6.61 Å². The highest BCUT2D eigenvalue weighted by Crippen LogP contribution is 2.13. The average molecular weight is 183 g/mol. The van der Waals surface area contributed by atoms with Crippen LogP contribution in [-0.2, 0) is 4.74 Å². The molecule has 0 saturated carbocycles. The molecule has 0 saturated heterocycles. The first kappa shape index (κ1) is 10.3. The van der Waals surface area contributed by atoms with Crippen molar-refractivity contribution in [3.8, 4) is 0 Å². The first-order chi connectivity index (χ1) is 6.24. The summed E-state index contributed by atoms with van der Waals surface area (Å²) in [5.41, 5.74) is 5.83. The van der Waals surface area contributed by atoms with E-state index in [-0.39, 0.29) is 6.04 Å². The lowest BCUT2D eigenvalue weighted by molar-refractivity contribution is 0.116. The second-order valence-electron chi connectivity index (χ2n) is 3.13. The van der Waals surface area contributed by atoms with E-state index in [1.807, 2.05) is 19.1 Å². The van der Waals surface area contributed by atoms with Gasteiger partial charge in [0.2, 0.25) is 0 Å². The molecule has 1 unspecified atom stereocenters. The fourth-order valence-corrected chi connectivity index (χ4v) is 1.09. The van der Waals surface area contributed by atoms with E-state index in [0.29, 0.717) is 6.61 Å². The summed E-state index contributed by atoms with van der Waals surface area (Å²) in [6.45, 7) is 5.26. The Morgan fingerprint density at radius 1 is 1.54 bits per heavy atom. The first-order valence-electron chi connectivity index (χ1n) is 4.63. The van der Waals surface area contributed by atoms with Gasteiger partial charge in [0.05, 0.1) is 12.6 Å². The van der Waals surface area contributed by atoms with Gasteiger partial charge in [-0.2, -0.15) is 0 Å². The van der Waals surface area contributed by atoms with Gasteiger partial charge in [0.1, 0.15) is 11.5 Å². The zero-order valence-electron chi connectivity index (χ0n) is 8.25. The van der Waals surface area contributed by atoms with Crippen LogP contribution in [0.4, 0.5) is 0 Å². The molecule has 0 aliphatic rings. The maximum atomic E-state index is 5.83. The van der Waals surface area contributed by atoms with E-state index < -0.39 is 0 Å². The third kappa shape index (κ3) is 3.20. The lowest BCUT2D eigenvalue weighted by atomic mass is 10.2. The topological polar surface area (TPSA) is 48.4 Å².